The van der Waals surface area contributed by atoms with Crippen LogP contribution in [0.25, 0.3) is 0 Å². The van der Waals surface area contributed by atoms with Gasteiger partial charge in [0.15, 0.2) is 0 Å². The molecule has 0 spiro atoms. The summed E-state index contributed by atoms with van der Waals surface area (Å²) < 4.78 is 0. The zero-order valence-electron chi connectivity index (χ0n) is 11.4. The minimum absolute atomic E-state index is 0.115. The van der Waals surface area contributed by atoms with E-state index in [4.69, 9.17) is 11.0 Å². The number of anilines is 1. The van der Waals surface area contributed by atoms with Crippen LogP contribution in [0.2, 0.25) is 0 Å². The van der Waals surface area contributed by atoms with E-state index in [1.54, 1.807) is 12.3 Å². The number of nitrogens with zero attached hydrogens (tertiary/aromatic N) is 2. The van der Waals surface area contributed by atoms with E-state index in [2.05, 4.69) is 16.4 Å². The molecule has 1 fully saturated rings. The molecular formula is C15H22N4. The first-order valence-electron chi connectivity index (χ1n) is 7.11. The number of pyridine rings is 1. The molecule has 4 nitrogen and oxygen atoms in total. The fourth-order valence-electron chi connectivity index (χ4n) is 2.62. The van der Waals surface area contributed by atoms with Gasteiger partial charge in [-0.2, -0.15) is 5.26 Å². The highest BCUT2D eigenvalue weighted by atomic mass is 15.0. The Labute approximate surface area is 115 Å². The predicted molar refractivity (Wildman–Crippen MR) is 76.7 cm³/mol. The van der Waals surface area contributed by atoms with Crippen molar-refractivity contribution in [1.29, 1.82) is 5.26 Å². The van der Waals surface area contributed by atoms with Gasteiger partial charge in [-0.3, -0.25) is 0 Å². The van der Waals surface area contributed by atoms with Gasteiger partial charge in [-0.25, -0.2) is 4.98 Å². The summed E-state index contributed by atoms with van der Waals surface area (Å²) in [6, 6.07) is 5.68. The van der Waals surface area contributed by atoms with Crippen LogP contribution in [0.3, 0.4) is 0 Å². The van der Waals surface area contributed by atoms with E-state index in [0.29, 0.717) is 5.56 Å². The van der Waals surface area contributed by atoms with Crippen molar-refractivity contribution in [1.82, 2.24) is 4.98 Å². The third kappa shape index (κ3) is 4.22. The molecule has 2 rings (SSSR count). The Morgan fingerprint density at radius 2 is 1.89 bits per heavy atom. The topological polar surface area (TPSA) is 74.7 Å². The normalized spacial score (nSPS) is 18.9. The third-order valence-corrected chi connectivity index (χ3v) is 3.86. The van der Waals surface area contributed by atoms with Crippen molar-refractivity contribution in [2.24, 2.45) is 5.73 Å². The molecule has 0 saturated heterocycles. The summed E-state index contributed by atoms with van der Waals surface area (Å²) >= 11 is 0. The molecule has 0 aliphatic heterocycles. The highest BCUT2D eigenvalue weighted by molar-refractivity contribution is 5.39. The van der Waals surface area contributed by atoms with Gasteiger partial charge < -0.3 is 11.1 Å². The SMILES string of the molecule is N#Cc1ccc(NCC2(N)CCCCCCC2)nc1. The molecule has 1 aromatic heterocycles. The largest absolute Gasteiger partial charge is 0.368 e. The lowest BCUT2D eigenvalue weighted by atomic mass is 9.85. The quantitative estimate of drug-likeness (QED) is 0.874. The lowest BCUT2D eigenvalue weighted by Gasteiger charge is -2.31. The van der Waals surface area contributed by atoms with Crippen molar-refractivity contribution in [3.8, 4) is 6.07 Å². The van der Waals surface area contributed by atoms with E-state index in [0.717, 1.165) is 25.2 Å². The average Bonchev–Trinajstić information content (AvgIpc) is 2.42. The maximum absolute atomic E-state index is 8.73. The summed E-state index contributed by atoms with van der Waals surface area (Å²) in [5, 5.41) is 12.0. The van der Waals surface area contributed by atoms with Crippen molar-refractivity contribution in [2.45, 2.75) is 50.5 Å². The molecule has 1 heterocycles. The molecule has 0 amide bonds. The Hall–Kier alpha value is -1.60. The van der Waals surface area contributed by atoms with Crippen LogP contribution in [0, 0.1) is 11.3 Å². The zero-order valence-corrected chi connectivity index (χ0v) is 11.4. The number of aromatic nitrogens is 1. The van der Waals surface area contributed by atoms with Gasteiger partial charge in [-0.15, -0.1) is 0 Å². The molecule has 0 radical (unpaired) electrons. The minimum atomic E-state index is -0.115. The van der Waals surface area contributed by atoms with Crippen LogP contribution < -0.4 is 11.1 Å². The van der Waals surface area contributed by atoms with Crippen LogP contribution in [0.5, 0.6) is 0 Å². The van der Waals surface area contributed by atoms with Crippen molar-refractivity contribution in [3.63, 3.8) is 0 Å². The minimum Gasteiger partial charge on any atom is -0.368 e. The average molecular weight is 258 g/mol. The Kier molecular flexibility index (Phi) is 4.75. The van der Waals surface area contributed by atoms with E-state index in [1.165, 1.54) is 32.1 Å². The predicted octanol–water partition coefficient (Wildman–Crippen LogP) is 2.81. The van der Waals surface area contributed by atoms with E-state index >= 15 is 0 Å². The van der Waals surface area contributed by atoms with Crippen LogP contribution in [-0.2, 0) is 0 Å². The van der Waals surface area contributed by atoms with Gasteiger partial charge in [0.2, 0.25) is 0 Å². The summed E-state index contributed by atoms with van der Waals surface area (Å²) in [4.78, 5) is 4.22. The smallest absolute Gasteiger partial charge is 0.126 e. The number of hydrogen-bond donors (Lipinski definition) is 2. The fraction of sp³-hybridized carbons (Fsp3) is 0.600. The molecule has 1 aromatic rings. The number of nitriles is 1. The molecule has 0 atom stereocenters. The van der Waals surface area contributed by atoms with E-state index < -0.39 is 0 Å². The second-order valence-corrected chi connectivity index (χ2v) is 5.53. The molecule has 102 valence electrons. The van der Waals surface area contributed by atoms with E-state index in [9.17, 15) is 0 Å². The second kappa shape index (κ2) is 6.53. The van der Waals surface area contributed by atoms with Gasteiger partial charge in [0.25, 0.3) is 0 Å². The molecule has 19 heavy (non-hydrogen) atoms. The van der Waals surface area contributed by atoms with Gasteiger partial charge in [-0.05, 0) is 25.0 Å². The Bertz CT molecular complexity index is 424. The van der Waals surface area contributed by atoms with E-state index in [1.807, 2.05) is 6.07 Å². The van der Waals surface area contributed by atoms with Gasteiger partial charge >= 0.3 is 0 Å². The lowest BCUT2D eigenvalue weighted by Crippen LogP contribution is -2.46. The van der Waals surface area contributed by atoms with Crippen molar-refractivity contribution < 1.29 is 0 Å². The highest BCUT2D eigenvalue weighted by Gasteiger charge is 2.25. The molecule has 0 unspecified atom stereocenters. The van der Waals surface area contributed by atoms with E-state index in [-0.39, 0.29) is 5.54 Å². The molecule has 1 aliphatic rings. The molecule has 0 bridgehead atoms. The van der Waals surface area contributed by atoms with Crippen LogP contribution in [0.15, 0.2) is 18.3 Å². The first-order chi connectivity index (χ1) is 9.22. The molecule has 1 saturated carbocycles. The van der Waals surface area contributed by atoms with Gasteiger partial charge in [0, 0.05) is 18.3 Å². The summed E-state index contributed by atoms with van der Waals surface area (Å²) in [6.45, 7) is 0.756. The third-order valence-electron chi connectivity index (χ3n) is 3.86. The van der Waals surface area contributed by atoms with Crippen LogP contribution >= 0.6 is 0 Å². The molecular weight excluding hydrogens is 236 g/mol. The first-order valence-corrected chi connectivity index (χ1v) is 7.11. The highest BCUT2D eigenvalue weighted by Crippen LogP contribution is 2.24. The number of rotatable bonds is 3. The van der Waals surface area contributed by atoms with Gasteiger partial charge in [0.05, 0.1) is 5.56 Å². The van der Waals surface area contributed by atoms with Crippen molar-refractivity contribution in [2.75, 3.05) is 11.9 Å². The van der Waals surface area contributed by atoms with Crippen molar-refractivity contribution in [3.05, 3.63) is 23.9 Å². The summed E-state index contributed by atoms with van der Waals surface area (Å²) in [6.07, 6.45) is 10.1. The Balaban J connectivity index is 1.90. The Morgan fingerprint density at radius 3 is 2.47 bits per heavy atom. The number of nitrogens with two attached hydrogens (primary N) is 1. The van der Waals surface area contributed by atoms with Crippen LogP contribution in [0.4, 0.5) is 5.82 Å². The number of nitrogens with one attached hydrogen (secondary N) is 1. The van der Waals surface area contributed by atoms with Crippen LogP contribution in [-0.4, -0.2) is 17.1 Å². The molecule has 0 aromatic carbocycles. The molecule has 1 aliphatic carbocycles. The monoisotopic (exact) mass is 258 g/mol. The first kappa shape index (κ1) is 13.8. The van der Waals surface area contributed by atoms with Gasteiger partial charge in [-0.1, -0.05) is 32.1 Å². The summed E-state index contributed by atoms with van der Waals surface area (Å²) in [5.74, 6) is 0.797. The summed E-state index contributed by atoms with van der Waals surface area (Å²) in [5.41, 5.74) is 6.96. The lowest BCUT2D eigenvalue weighted by molar-refractivity contribution is 0.331. The Morgan fingerprint density at radius 1 is 1.21 bits per heavy atom. The van der Waals surface area contributed by atoms with Crippen LogP contribution in [0.1, 0.15) is 50.5 Å². The maximum Gasteiger partial charge on any atom is 0.126 e. The summed E-state index contributed by atoms with van der Waals surface area (Å²) in [7, 11) is 0. The zero-order chi connectivity index (χ0) is 13.6. The standard InChI is InChI=1S/C15H22N4/c16-10-13-6-7-14(18-11-13)19-12-15(17)8-4-2-1-3-5-9-15/h6-7,11H,1-5,8-9,12,17H2,(H,18,19). The molecule has 3 N–H and O–H groups in total. The van der Waals surface area contributed by atoms with Crippen molar-refractivity contribution >= 4 is 5.82 Å². The maximum atomic E-state index is 8.73. The fourth-order valence-corrected chi connectivity index (χ4v) is 2.62. The number of hydrogen-bond acceptors (Lipinski definition) is 4. The second-order valence-electron chi connectivity index (χ2n) is 5.53. The van der Waals surface area contributed by atoms with Gasteiger partial charge in [0.1, 0.15) is 11.9 Å². The molecule has 4 heteroatoms.